The third kappa shape index (κ3) is 3.32. The van der Waals surface area contributed by atoms with E-state index >= 15 is 0 Å². The van der Waals surface area contributed by atoms with Gasteiger partial charge in [0.1, 0.15) is 0 Å². The minimum Gasteiger partial charge on any atom is -0.343 e. The van der Waals surface area contributed by atoms with Crippen LogP contribution in [0.5, 0.6) is 0 Å². The summed E-state index contributed by atoms with van der Waals surface area (Å²) >= 11 is 0. The van der Waals surface area contributed by atoms with Crippen molar-refractivity contribution in [2.45, 2.75) is 13.8 Å². The van der Waals surface area contributed by atoms with E-state index in [1.165, 1.54) is 0 Å². The highest BCUT2D eigenvalue weighted by molar-refractivity contribution is 6.08. The molecule has 7 aromatic rings. The number of aromatic nitrogens is 2. The summed E-state index contributed by atoms with van der Waals surface area (Å²) in [5.41, 5.74) is 9.66. The lowest BCUT2D eigenvalue weighted by Crippen LogP contribution is -2.14. The smallest absolute Gasteiger partial charge is 0.197 e. The van der Waals surface area contributed by atoms with Crippen LogP contribution in [0, 0.1) is 13.8 Å². The van der Waals surface area contributed by atoms with E-state index in [1.807, 2.05) is 74.8 Å². The van der Waals surface area contributed by atoms with E-state index in [4.69, 9.17) is 0 Å². The summed E-state index contributed by atoms with van der Waals surface area (Å²) in [6.07, 6.45) is 0. The van der Waals surface area contributed by atoms with Gasteiger partial charge < -0.3 is 9.13 Å². The number of nitrogens with zero attached hydrogens (tertiary/aromatic N) is 2. The van der Waals surface area contributed by atoms with Crippen molar-refractivity contribution < 1.29 is 0 Å². The largest absolute Gasteiger partial charge is 0.343 e. The third-order valence-corrected chi connectivity index (χ3v) is 8.43. The van der Waals surface area contributed by atoms with Crippen LogP contribution in [0.1, 0.15) is 11.1 Å². The number of aryl methyl sites for hydroxylation is 4. The second-order valence-electron chi connectivity index (χ2n) is 10.7. The molecule has 0 aliphatic carbocycles. The molecule has 4 heteroatoms. The summed E-state index contributed by atoms with van der Waals surface area (Å²) in [4.78, 5) is 28.1. The molecule has 0 saturated heterocycles. The Morgan fingerprint density at radius 1 is 0.450 bits per heavy atom. The van der Waals surface area contributed by atoms with Crippen LogP contribution in [-0.4, -0.2) is 9.13 Å². The van der Waals surface area contributed by atoms with Gasteiger partial charge in [-0.3, -0.25) is 9.59 Å². The van der Waals surface area contributed by atoms with Crippen molar-refractivity contribution in [2.75, 3.05) is 0 Å². The number of benzene rings is 5. The Hall–Kier alpha value is -4.96. The Labute approximate surface area is 231 Å². The van der Waals surface area contributed by atoms with E-state index < -0.39 is 0 Å². The zero-order chi connectivity index (χ0) is 27.7. The van der Waals surface area contributed by atoms with Crippen molar-refractivity contribution >= 4 is 43.6 Å². The highest BCUT2D eigenvalue weighted by atomic mass is 16.1. The van der Waals surface area contributed by atoms with E-state index in [0.29, 0.717) is 21.5 Å². The molecule has 5 aromatic carbocycles. The monoisotopic (exact) mass is 520 g/mol. The van der Waals surface area contributed by atoms with E-state index in [0.717, 1.165) is 55.4 Å². The van der Waals surface area contributed by atoms with Gasteiger partial charge in [-0.15, -0.1) is 0 Å². The quantitative estimate of drug-likeness (QED) is 0.220. The van der Waals surface area contributed by atoms with Crippen molar-refractivity contribution in [1.29, 1.82) is 0 Å². The Morgan fingerprint density at radius 3 is 1.23 bits per heavy atom. The topological polar surface area (TPSA) is 44.0 Å². The Kier molecular flexibility index (Phi) is 5.29. The lowest BCUT2D eigenvalue weighted by molar-refractivity contribution is 0.994. The number of hydrogen-bond donors (Lipinski definition) is 0. The molecule has 7 rings (SSSR count). The second-order valence-corrected chi connectivity index (χ2v) is 10.7. The fourth-order valence-electron chi connectivity index (χ4n) is 6.39. The molecule has 0 aliphatic heterocycles. The van der Waals surface area contributed by atoms with E-state index in [9.17, 15) is 9.59 Å². The number of hydrogen-bond acceptors (Lipinski definition) is 2. The van der Waals surface area contributed by atoms with Gasteiger partial charge in [-0.25, -0.2) is 0 Å². The molecule has 0 spiro atoms. The molecule has 0 radical (unpaired) electrons. The predicted molar refractivity (Wildman–Crippen MR) is 167 cm³/mol. The maximum Gasteiger partial charge on any atom is 0.197 e. The molecule has 4 nitrogen and oxygen atoms in total. The molecule has 2 aromatic heterocycles. The van der Waals surface area contributed by atoms with Gasteiger partial charge in [0.05, 0.1) is 22.1 Å². The van der Waals surface area contributed by atoms with Gasteiger partial charge in [-0.2, -0.15) is 0 Å². The fraction of sp³-hybridized carbons (Fsp3) is 0.111. The minimum atomic E-state index is -0.0276. The van der Waals surface area contributed by atoms with Gasteiger partial charge in [-0.05, 0) is 60.4 Å². The summed E-state index contributed by atoms with van der Waals surface area (Å²) in [7, 11) is 3.97. The van der Waals surface area contributed by atoms with Crippen LogP contribution in [0.4, 0.5) is 0 Å². The highest BCUT2D eigenvalue weighted by Gasteiger charge is 2.19. The number of pyridine rings is 2. The first kappa shape index (κ1) is 24.1. The Balaban J connectivity index is 1.63. The van der Waals surface area contributed by atoms with Crippen molar-refractivity contribution in [3.8, 4) is 22.3 Å². The number of fused-ring (bicyclic) bond motifs is 4. The molecule has 0 amide bonds. The normalized spacial score (nSPS) is 11.7. The van der Waals surface area contributed by atoms with Crippen LogP contribution in [0.15, 0.2) is 107 Å². The minimum absolute atomic E-state index is 0.0276. The van der Waals surface area contributed by atoms with Gasteiger partial charge in [0.25, 0.3) is 0 Å². The molecule has 0 N–H and O–H groups in total. The van der Waals surface area contributed by atoms with Crippen LogP contribution >= 0.6 is 0 Å². The Bertz CT molecular complexity index is 2140. The van der Waals surface area contributed by atoms with Gasteiger partial charge in [0.2, 0.25) is 0 Å². The second kappa shape index (κ2) is 8.78. The molecule has 0 atom stereocenters. The molecule has 0 saturated carbocycles. The molecule has 0 aliphatic rings. The van der Waals surface area contributed by atoms with Gasteiger partial charge >= 0.3 is 0 Å². The van der Waals surface area contributed by atoms with E-state index in [1.54, 1.807) is 0 Å². The number of rotatable bonds is 2. The van der Waals surface area contributed by atoms with Gasteiger partial charge in [0.15, 0.2) is 10.9 Å². The first-order valence-corrected chi connectivity index (χ1v) is 13.5. The molecule has 40 heavy (non-hydrogen) atoms. The van der Waals surface area contributed by atoms with E-state index in [2.05, 4.69) is 59.4 Å². The molecule has 0 unspecified atom stereocenters. The number of para-hydroxylation sites is 2. The first-order valence-electron chi connectivity index (χ1n) is 13.5. The molecule has 2 heterocycles. The maximum absolute atomic E-state index is 14.0. The average molecular weight is 521 g/mol. The summed E-state index contributed by atoms with van der Waals surface area (Å²) in [5.74, 6) is 0. The summed E-state index contributed by atoms with van der Waals surface area (Å²) in [6.45, 7) is 4.17. The maximum atomic E-state index is 14.0. The summed E-state index contributed by atoms with van der Waals surface area (Å²) in [6, 6.07) is 32.1. The predicted octanol–water partition coefficient (Wildman–Crippen LogP) is 7.65. The Morgan fingerprint density at radius 2 is 0.825 bits per heavy atom. The van der Waals surface area contributed by atoms with Crippen molar-refractivity contribution in [3.05, 3.63) is 129 Å². The van der Waals surface area contributed by atoms with Crippen LogP contribution < -0.4 is 10.9 Å². The van der Waals surface area contributed by atoms with Crippen molar-refractivity contribution in [2.24, 2.45) is 14.1 Å². The van der Waals surface area contributed by atoms with E-state index in [-0.39, 0.29) is 10.9 Å². The SMILES string of the molecule is Cc1ccccc1-c1cccc2c(=O)c3cc4c(cc3n(C)c12)c(=O)c1cccc(-c2ccccc2C)c1n4C. The van der Waals surface area contributed by atoms with Crippen LogP contribution in [0.2, 0.25) is 0 Å². The van der Waals surface area contributed by atoms with Crippen LogP contribution in [0.3, 0.4) is 0 Å². The fourth-order valence-corrected chi connectivity index (χ4v) is 6.39. The zero-order valence-electron chi connectivity index (χ0n) is 22.9. The average Bonchev–Trinajstić information content (AvgIpc) is 2.98. The zero-order valence-corrected chi connectivity index (χ0v) is 22.9. The van der Waals surface area contributed by atoms with Crippen molar-refractivity contribution in [3.63, 3.8) is 0 Å². The lowest BCUT2D eigenvalue weighted by Gasteiger charge is -2.18. The molecule has 194 valence electrons. The summed E-state index contributed by atoms with van der Waals surface area (Å²) < 4.78 is 4.14. The summed E-state index contributed by atoms with van der Waals surface area (Å²) in [5, 5.41) is 2.54. The molecule has 0 bridgehead atoms. The van der Waals surface area contributed by atoms with Crippen molar-refractivity contribution in [1.82, 2.24) is 9.13 Å². The first-order chi connectivity index (χ1) is 19.4. The molecule has 0 fully saturated rings. The van der Waals surface area contributed by atoms with Crippen LogP contribution in [-0.2, 0) is 14.1 Å². The van der Waals surface area contributed by atoms with Gasteiger partial charge in [-0.1, -0.05) is 72.8 Å². The van der Waals surface area contributed by atoms with Crippen LogP contribution in [0.25, 0.3) is 65.9 Å². The third-order valence-electron chi connectivity index (χ3n) is 8.43. The lowest BCUT2D eigenvalue weighted by atomic mass is 9.95. The molecular weight excluding hydrogens is 492 g/mol. The highest BCUT2D eigenvalue weighted by Crippen LogP contribution is 2.34. The standard InChI is InChI=1S/C36H28N2O2/c1-21-11-5-7-13-23(21)25-15-9-17-27-33(25)37(3)31-19-30-32(20-29(31)35(27)39)38(4)34-26(16-10-18-28(34)36(30)40)24-14-8-6-12-22(24)2/h5-20H,1-4H3. The molecular formula is C36H28N2O2. The van der Waals surface area contributed by atoms with Gasteiger partial charge in [0, 0.05) is 46.8 Å².